The van der Waals surface area contributed by atoms with Gasteiger partial charge < -0.3 is 24.3 Å². The molecule has 0 bridgehead atoms. The minimum absolute atomic E-state index is 0.0989. The van der Waals surface area contributed by atoms with Gasteiger partial charge in [0.2, 0.25) is 5.76 Å². The Labute approximate surface area is 171 Å². The predicted molar refractivity (Wildman–Crippen MR) is 105 cm³/mol. The van der Waals surface area contributed by atoms with Crippen LogP contribution in [0.4, 0.5) is 5.69 Å². The van der Waals surface area contributed by atoms with Crippen molar-refractivity contribution in [2.24, 2.45) is 0 Å². The molecule has 0 atom stereocenters. The van der Waals surface area contributed by atoms with Crippen molar-refractivity contribution in [3.8, 4) is 10.4 Å². The van der Waals surface area contributed by atoms with E-state index in [0.717, 1.165) is 16.7 Å². The number of carbonyl (C=O) groups is 3. The van der Waals surface area contributed by atoms with Gasteiger partial charge >= 0.3 is 11.9 Å². The highest BCUT2D eigenvalue weighted by Gasteiger charge is 2.22. The Morgan fingerprint density at radius 2 is 1.90 bits per heavy atom. The molecule has 1 amide bonds. The number of thiophene rings is 1. The average molecular weight is 417 g/mol. The monoisotopic (exact) mass is 417 g/mol. The fourth-order valence-corrected chi connectivity index (χ4v) is 3.45. The van der Waals surface area contributed by atoms with Crippen molar-refractivity contribution in [2.75, 3.05) is 31.7 Å². The van der Waals surface area contributed by atoms with E-state index in [0.29, 0.717) is 12.3 Å². The Bertz CT molecular complexity index is 920. The first kappa shape index (κ1) is 20.4. The van der Waals surface area contributed by atoms with Gasteiger partial charge in [-0.2, -0.15) is 0 Å². The van der Waals surface area contributed by atoms with Crippen LogP contribution >= 0.6 is 11.3 Å². The van der Waals surface area contributed by atoms with E-state index in [1.54, 1.807) is 13.0 Å². The van der Waals surface area contributed by atoms with Crippen molar-refractivity contribution in [3.63, 3.8) is 0 Å². The summed E-state index contributed by atoms with van der Waals surface area (Å²) in [5, 5.41) is 2.60. The summed E-state index contributed by atoms with van der Waals surface area (Å²) in [7, 11) is 0. The zero-order valence-electron chi connectivity index (χ0n) is 15.6. The normalized spacial score (nSPS) is 12.8. The van der Waals surface area contributed by atoms with Gasteiger partial charge in [0.15, 0.2) is 6.61 Å². The maximum atomic E-state index is 12.3. The van der Waals surface area contributed by atoms with Crippen LogP contribution < -0.4 is 5.32 Å². The number of benzene rings is 1. The van der Waals surface area contributed by atoms with Gasteiger partial charge in [0.25, 0.3) is 5.91 Å². The Kier molecular flexibility index (Phi) is 6.85. The summed E-state index contributed by atoms with van der Waals surface area (Å²) in [5.74, 6) is -2.04. The highest BCUT2D eigenvalue weighted by Crippen LogP contribution is 2.35. The first-order valence-electron chi connectivity index (χ1n) is 8.86. The number of carbonyl (C=O) groups excluding carboxylic acids is 3. The summed E-state index contributed by atoms with van der Waals surface area (Å²) < 4.78 is 20.1. The van der Waals surface area contributed by atoms with Crippen molar-refractivity contribution in [3.05, 3.63) is 53.3 Å². The second-order valence-electron chi connectivity index (χ2n) is 5.77. The number of ether oxygens (including phenoxy) is 4. The second-order valence-corrected chi connectivity index (χ2v) is 6.82. The molecule has 0 aliphatic carbocycles. The highest BCUT2D eigenvalue weighted by atomic mass is 32.1. The summed E-state index contributed by atoms with van der Waals surface area (Å²) in [6.07, 6.45) is 1.15. The fourth-order valence-electron chi connectivity index (χ4n) is 2.44. The maximum Gasteiger partial charge on any atom is 0.377 e. The Hall–Kier alpha value is -3.33. The number of hydrogen-bond donors (Lipinski definition) is 1. The van der Waals surface area contributed by atoms with Crippen molar-refractivity contribution in [1.82, 2.24) is 0 Å². The third-order valence-corrected chi connectivity index (χ3v) is 4.87. The molecular formula is C20H19NO7S. The van der Waals surface area contributed by atoms with Gasteiger partial charge in [-0.25, -0.2) is 9.59 Å². The molecule has 2 heterocycles. The third-order valence-electron chi connectivity index (χ3n) is 3.71. The Morgan fingerprint density at radius 1 is 1.10 bits per heavy atom. The van der Waals surface area contributed by atoms with Crippen molar-refractivity contribution >= 4 is 34.9 Å². The van der Waals surface area contributed by atoms with Crippen LogP contribution in [0.3, 0.4) is 0 Å². The van der Waals surface area contributed by atoms with Gasteiger partial charge in [-0.1, -0.05) is 30.3 Å². The molecule has 1 aliphatic heterocycles. The van der Waals surface area contributed by atoms with Crippen molar-refractivity contribution in [1.29, 1.82) is 0 Å². The van der Waals surface area contributed by atoms with Gasteiger partial charge in [0.1, 0.15) is 24.4 Å². The van der Waals surface area contributed by atoms with Gasteiger partial charge in [0.05, 0.1) is 12.3 Å². The predicted octanol–water partition coefficient (Wildman–Crippen LogP) is 2.96. The van der Waals surface area contributed by atoms with E-state index in [4.69, 9.17) is 18.9 Å². The molecule has 1 N–H and O–H groups in total. The minimum Gasteiger partial charge on any atom is -0.493 e. The van der Waals surface area contributed by atoms with E-state index in [1.807, 2.05) is 30.3 Å². The smallest absolute Gasteiger partial charge is 0.377 e. The standard InChI is InChI=1S/C20H19NO7S/c1-2-26-20(24)18-14(10-16(29-18)13-6-4-3-5-7-13)21-17(22)12-28-19(23)15-11-25-8-9-27-15/h3-7,10-11H,2,8-9,12H2,1H3,(H,21,22). The van der Waals surface area contributed by atoms with Crippen molar-refractivity contribution in [2.45, 2.75) is 6.92 Å². The molecule has 29 heavy (non-hydrogen) atoms. The van der Waals surface area contributed by atoms with Gasteiger partial charge in [-0.15, -0.1) is 11.3 Å². The number of amides is 1. The SMILES string of the molecule is CCOC(=O)c1sc(-c2ccccc2)cc1NC(=O)COC(=O)C1=COCCO1. The number of anilines is 1. The van der Waals surface area contributed by atoms with Gasteiger partial charge in [0, 0.05) is 4.88 Å². The topological polar surface area (TPSA) is 100 Å². The van der Waals surface area contributed by atoms with E-state index >= 15 is 0 Å². The Balaban J connectivity index is 1.70. The molecule has 0 radical (unpaired) electrons. The summed E-state index contributed by atoms with van der Waals surface area (Å²) in [5.41, 5.74) is 1.20. The Morgan fingerprint density at radius 3 is 2.59 bits per heavy atom. The molecular weight excluding hydrogens is 398 g/mol. The van der Waals surface area contributed by atoms with E-state index in [2.05, 4.69) is 5.32 Å². The summed E-state index contributed by atoms with van der Waals surface area (Å²) in [6.45, 7) is 1.94. The molecule has 2 aromatic rings. The lowest BCUT2D eigenvalue weighted by Crippen LogP contribution is -2.24. The van der Waals surface area contributed by atoms with E-state index in [1.165, 1.54) is 11.3 Å². The molecule has 0 spiro atoms. The first-order valence-corrected chi connectivity index (χ1v) is 9.68. The van der Waals surface area contributed by atoms with Crippen LogP contribution in [0.5, 0.6) is 0 Å². The zero-order chi connectivity index (χ0) is 20.6. The zero-order valence-corrected chi connectivity index (χ0v) is 16.5. The quantitative estimate of drug-likeness (QED) is 0.691. The molecule has 0 fully saturated rings. The average Bonchev–Trinajstić information content (AvgIpc) is 3.17. The molecule has 0 saturated carbocycles. The van der Waals surface area contributed by atoms with Crippen LogP contribution in [0.1, 0.15) is 16.6 Å². The van der Waals surface area contributed by atoms with Crippen LogP contribution in [0.15, 0.2) is 48.4 Å². The van der Waals surface area contributed by atoms with Gasteiger partial charge in [-0.05, 0) is 18.6 Å². The summed E-state index contributed by atoms with van der Waals surface area (Å²) >= 11 is 1.21. The van der Waals surface area contributed by atoms with Crippen LogP contribution in [0.2, 0.25) is 0 Å². The molecule has 1 aromatic carbocycles. The minimum atomic E-state index is -0.805. The van der Waals surface area contributed by atoms with Crippen LogP contribution in [0.25, 0.3) is 10.4 Å². The molecule has 1 aliphatic rings. The van der Waals surface area contributed by atoms with Crippen molar-refractivity contribution < 1.29 is 33.3 Å². The molecule has 152 valence electrons. The molecule has 0 unspecified atom stereocenters. The molecule has 3 rings (SSSR count). The van der Waals surface area contributed by atoms with Crippen LogP contribution in [0, 0.1) is 0 Å². The molecule has 0 saturated heterocycles. The highest BCUT2D eigenvalue weighted by molar-refractivity contribution is 7.18. The number of hydrogen-bond acceptors (Lipinski definition) is 8. The summed E-state index contributed by atoms with van der Waals surface area (Å²) in [6, 6.07) is 11.1. The first-order chi connectivity index (χ1) is 14.1. The largest absolute Gasteiger partial charge is 0.493 e. The lowest BCUT2D eigenvalue weighted by atomic mass is 10.2. The van der Waals surface area contributed by atoms with E-state index in [9.17, 15) is 14.4 Å². The number of nitrogens with one attached hydrogen (secondary N) is 1. The summed E-state index contributed by atoms with van der Waals surface area (Å²) in [4.78, 5) is 37.4. The second kappa shape index (κ2) is 9.74. The number of rotatable bonds is 7. The molecule has 8 nitrogen and oxygen atoms in total. The van der Waals surface area contributed by atoms with E-state index < -0.39 is 24.5 Å². The van der Waals surface area contributed by atoms with Crippen LogP contribution in [-0.4, -0.2) is 44.3 Å². The van der Waals surface area contributed by atoms with Crippen LogP contribution in [-0.2, 0) is 28.5 Å². The maximum absolute atomic E-state index is 12.3. The lowest BCUT2D eigenvalue weighted by Gasteiger charge is -2.14. The third kappa shape index (κ3) is 5.35. The van der Waals surface area contributed by atoms with E-state index in [-0.39, 0.29) is 23.9 Å². The lowest BCUT2D eigenvalue weighted by molar-refractivity contribution is -0.148. The van der Waals surface area contributed by atoms with Gasteiger partial charge in [-0.3, -0.25) is 4.79 Å². The fraction of sp³-hybridized carbons (Fsp3) is 0.250. The molecule has 9 heteroatoms. The number of esters is 2. The molecule has 1 aromatic heterocycles.